The lowest BCUT2D eigenvalue weighted by Crippen LogP contribution is -2.41. The average Bonchev–Trinajstić information content (AvgIpc) is 3.26. The van der Waals surface area contributed by atoms with Crippen LogP contribution in [-0.4, -0.2) is 16.3 Å². The van der Waals surface area contributed by atoms with Gasteiger partial charge in [0.15, 0.2) is 0 Å². The molecule has 0 aliphatic heterocycles. The van der Waals surface area contributed by atoms with Crippen molar-refractivity contribution < 1.29 is 4.39 Å². The minimum absolute atomic E-state index is 0.205. The second-order valence-electron chi connectivity index (χ2n) is 8.17. The molecule has 0 aliphatic rings. The van der Waals surface area contributed by atoms with Gasteiger partial charge in [0.05, 0.1) is 6.33 Å². The number of nitrogens with zero attached hydrogens (tertiary/aromatic N) is 2. The van der Waals surface area contributed by atoms with Crippen molar-refractivity contribution in [2.75, 3.05) is 0 Å². The van der Waals surface area contributed by atoms with Crippen LogP contribution in [0.25, 0.3) is 5.69 Å². The van der Waals surface area contributed by atoms with Gasteiger partial charge in [-0.15, -0.1) is 0 Å². The predicted molar refractivity (Wildman–Crippen MR) is 140 cm³/mol. The molecule has 0 unspecified atom stereocenters. The minimum atomic E-state index is -0.205. The Labute approximate surface area is 197 Å². The first-order chi connectivity index (χ1) is 16.1. The number of aryl methyl sites for hydroxylation is 2. The highest BCUT2D eigenvalue weighted by molar-refractivity contribution is 6.85. The zero-order valence-corrected chi connectivity index (χ0v) is 19.8. The first-order valence-corrected chi connectivity index (χ1v) is 11.6. The standard InChI is InChI=1S/C18H21B.C11H11FN2/c1-2-3-4-11-16-19(17-12-7-5-8-13-17)18-14-9-6-10-15-18;1-8-5-10(12)3-4-11(8)14-7-13-6-9(14)2/h3-10,12-15H,2,11,16H2,1H3;3-7H,1-2H3. The summed E-state index contributed by atoms with van der Waals surface area (Å²) in [6.45, 7) is 6.54. The molecule has 33 heavy (non-hydrogen) atoms. The molecule has 0 saturated heterocycles. The lowest BCUT2D eigenvalue weighted by Gasteiger charge is -2.13. The molecule has 1 heterocycles. The monoisotopic (exact) mass is 438 g/mol. The molecule has 4 heteroatoms. The van der Waals surface area contributed by atoms with Crippen molar-refractivity contribution in [2.45, 2.75) is 39.9 Å². The summed E-state index contributed by atoms with van der Waals surface area (Å²) in [6.07, 6.45) is 11.5. The normalized spacial score (nSPS) is 10.7. The molecule has 168 valence electrons. The number of hydrogen-bond donors (Lipinski definition) is 0. The molecule has 4 rings (SSSR count). The van der Waals surface area contributed by atoms with Crippen molar-refractivity contribution in [3.05, 3.63) is 121 Å². The number of allylic oxidation sites excluding steroid dienone is 2. The van der Waals surface area contributed by atoms with E-state index in [4.69, 9.17) is 0 Å². The van der Waals surface area contributed by atoms with E-state index in [9.17, 15) is 4.39 Å². The lowest BCUT2D eigenvalue weighted by atomic mass is 9.38. The zero-order chi connectivity index (χ0) is 23.5. The molecule has 0 bridgehead atoms. The molecule has 0 saturated carbocycles. The van der Waals surface area contributed by atoms with Crippen LogP contribution < -0.4 is 10.9 Å². The summed E-state index contributed by atoms with van der Waals surface area (Å²) in [7, 11) is 0. The van der Waals surface area contributed by atoms with Gasteiger partial charge in [-0.1, -0.05) is 97.0 Å². The van der Waals surface area contributed by atoms with E-state index in [0.717, 1.165) is 29.8 Å². The molecule has 0 radical (unpaired) electrons. The Hall–Kier alpha value is -3.40. The Kier molecular flexibility index (Phi) is 9.25. The van der Waals surface area contributed by atoms with Gasteiger partial charge in [0.1, 0.15) is 5.82 Å². The highest BCUT2D eigenvalue weighted by Crippen LogP contribution is 2.16. The summed E-state index contributed by atoms with van der Waals surface area (Å²) in [5.41, 5.74) is 5.75. The SMILES string of the molecule is CCC=CCCB(c1ccccc1)c1ccccc1.Cc1cc(F)ccc1-n1cncc1C. The average molecular weight is 438 g/mol. The van der Waals surface area contributed by atoms with Gasteiger partial charge in [-0.25, -0.2) is 9.37 Å². The number of hydrogen-bond acceptors (Lipinski definition) is 1. The molecular weight excluding hydrogens is 406 g/mol. The third-order valence-electron chi connectivity index (χ3n) is 5.67. The summed E-state index contributed by atoms with van der Waals surface area (Å²) in [4.78, 5) is 4.03. The van der Waals surface area contributed by atoms with Crippen LogP contribution in [0.15, 0.2) is 104 Å². The molecule has 0 fully saturated rings. The van der Waals surface area contributed by atoms with E-state index >= 15 is 0 Å². The fourth-order valence-electron chi connectivity index (χ4n) is 3.95. The van der Waals surface area contributed by atoms with Crippen LogP contribution in [0, 0.1) is 19.7 Å². The van der Waals surface area contributed by atoms with E-state index < -0.39 is 0 Å². The largest absolute Gasteiger partial charge is 0.303 e. The van der Waals surface area contributed by atoms with E-state index in [1.165, 1.54) is 29.4 Å². The van der Waals surface area contributed by atoms with Crippen molar-refractivity contribution in [2.24, 2.45) is 0 Å². The van der Waals surface area contributed by atoms with Gasteiger partial charge in [-0.2, -0.15) is 0 Å². The summed E-state index contributed by atoms with van der Waals surface area (Å²) in [6, 6.07) is 26.4. The number of benzene rings is 3. The van der Waals surface area contributed by atoms with Crippen LogP contribution >= 0.6 is 0 Å². The Morgan fingerprint density at radius 2 is 1.52 bits per heavy atom. The highest BCUT2D eigenvalue weighted by Gasteiger charge is 2.17. The van der Waals surface area contributed by atoms with Crippen LogP contribution in [0.1, 0.15) is 31.0 Å². The van der Waals surface area contributed by atoms with Gasteiger partial charge in [0.25, 0.3) is 0 Å². The summed E-state index contributed by atoms with van der Waals surface area (Å²) in [5, 5.41) is 0. The Morgan fingerprint density at radius 3 is 2.03 bits per heavy atom. The molecule has 4 aromatic rings. The molecule has 0 atom stereocenters. The van der Waals surface area contributed by atoms with E-state index in [0.29, 0.717) is 6.71 Å². The molecule has 1 aromatic heterocycles. The molecule has 0 N–H and O–H groups in total. The van der Waals surface area contributed by atoms with Gasteiger partial charge in [-0.05, 0) is 50.5 Å². The molecular formula is C29H32BFN2. The van der Waals surface area contributed by atoms with Crippen molar-refractivity contribution in [1.82, 2.24) is 9.55 Å². The number of halogens is 1. The maximum Gasteiger partial charge on any atom is 0.209 e. The molecule has 0 aliphatic carbocycles. The quantitative estimate of drug-likeness (QED) is 0.245. The first-order valence-electron chi connectivity index (χ1n) is 11.6. The van der Waals surface area contributed by atoms with Gasteiger partial charge in [0, 0.05) is 17.6 Å². The van der Waals surface area contributed by atoms with Crippen LogP contribution in [-0.2, 0) is 0 Å². The number of rotatable bonds is 7. The maximum atomic E-state index is 12.9. The zero-order valence-electron chi connectivity index (χ0n) is 19.8. The van der Waals surface area contributed by atoms with Crippen molar-refractivity contribution >= 4 is 17.6 Å². The first kappa shape index (κ1) is 24.3. The summed E-state index contributed by atoms with van der Waals surface area (Å²) >= 11 is 0. The summed E-state index contributed by atoms with van der Waals surface area (Å²) < 4.78 is 14.8. The van der Waals surface area contributed by atoms with Crippen LogP contribution in [0.5, 0.6) is 0 Å². The third-order valence-corrected chi connectivity index (χ3v) is 5.67. The predicted octanol–water partition coefficient (Wildman–Crippen LogP) is 6.28. The Balaban J connectivity index is 0.000000194. The molecule has 0 spiro atoms. The number of aromatic nitrogens is 2. The third kappa shape index (κ3) is 7.05. The second kappa shape index (κ2) is 12.6. The fourth-order valence-corrected chi connectivity index (χ4v) is 3.95. The van der Waals surface area contributed by atoms with Crippen LogP contribution in [0.3, 0.4) is 0 Å². The van der Waals surface area contributed by atoms with E-state index in [1.54, 1.807) is 18.6 Å². The Bertz CT molecular complexity index is 1100. The van der Waals surface area contributed by atoms with Gasteiger partial charge >= 0.3 is 0 Å². The lowest BCUT2D eigenvalue weighted by molar-refractivity contribution is 0.626. The number of imidazole rings is 1. The summed E-state index contributed by atoms with van der Waals surface area (Å²) in [5.74, 6) is -0.205. The van der Waals surface area contributed by atoms with E-state index in [2.05, 4.69) is 84.7 Å². The Morgan fingerprint density at radius 1 is 0.879 bits per heavy atom. The molecule has 2 nitrogen and oxygen atoms in total. The highest BCUT2D eigenvalue weighted by atomic mass is 19.1. The van der Waals surface area contributed by atoms with Gasteiger partial charge < -0.3 is 4.57 Å². The van der Waals surface area contributed by atoms with Crippen LogP contribution in [0.4, 0.5) is 4.39 Å². The van der Waals surface area contributed by atoms with Crippen LogP contribution in [0.2, 0.25) is 6.32 Å². The van der Waals surface area contributed by atoms with E-state index in [1.807, 2.05) is 18.4 Å². The van der Waals surface area contributed by atoms with Gasteiger partial charge in [-0.3, -0.25) is 0 Å². The smallest absolute Gasteiger partial charge is 0.209 e. The molecule has 3 aromatic carbocycles. The van der Waals surface area contributed by atoms with E-state index in [-0.39, 0.29) is 5.82 Å². The van der Waals surface area contributed by atoms with Gasteiger partial charge in [0.2, 0.25) is 6.71 Å². The van der Waals surface area contributed by atoms with Crippen molar-refractivity contribution in [1.29, 1.82) is 0 Å². The topological polar surface area (TPSA) is 17.8 Å². The second-order valence-corrected chi connectivity index (χ2v) is 8.17. The molecule has 0 amide bonds. The van der Waals surface area contributed by atoms with Crippen molar-refractivity contribution in [3.63, 3.8) is 0 Å². The minimum Gasteiger partial charge on any atom is -0.303 e. The van der Waals surface area contributed by atoms with Crippen molar-refractivity contribution in [3.8, 4) is 5.69 Å². The fraction of sp³-hybridized carbons (Fsp3) is 0.207. The maximum absolute atomic E-state index is 12.9.